The van der Waals surface area contributed by atoms with Gasteiger partial charge in [-0.3, -0.25) is 33.3 Å². The van der Waals surface area contributed by atoms with E-state index in [4.69, 9.17) is 18.9 Å². The third kappa shape index (κ3) is 38.6. The fourth-order valence-corrected chi connectivity index (χ4v) is 8.51. The molecule has 0 aliphatic heterocycles. The minimum absolute atomic E-state index is 0.0399. The van der Waals surface area contributed by atoms with Gasteiger partial charge in [-0.2, -0.15) is 8.42 Å². The molecule has 398 valence electrons. The maximum Gasteiger partial charge on any atom is 0.325 e. The molecule has 68 heavy (non-hydrogen) atoms. The summed E-state index contributed by atoms with van der Waals surface area (Å²) in [6, 6.07) is 0. The van der Waals surface area contributed by atoms with Crippen LogP contribution < -0.4 is 0 Å². The summed E-state index contributed by atoms with van der Waals surface area (Å²) < 4.78 is 57.6. The first kappa shape index (κ1) is 64.7. The van der Waals surface area contributed by atoms with E-state index in [-0.39, 0.29) is 26.4 Å². The van der Waals surface area contributed by atoms with Crippen molar-refractivity contribution in [3.05, 3.63) is 0 Å². The lowest BCUT2D eigenvalue weighted by atomic mass is 10.1. The van der Waals surface area contributed by atoms with E-state index in [1.807, 2.05) is 0 Å². The van der Waals surface area contributed by atoms with Gasteiger partial charge in [0.25, 0.3) is 10.1 Å². The summed E-state index contributed by atoms with van der Waals surface area (Å²) in [7, 11) is -5.37. The maximum atomic E-state index is 14.0. The van der Waals surface area contributed by atoms with Crippen LogP contribution in [0.5, 0.6) is 0 Å². The summed E-state index contributed by atoms with van der Waals surface area (Å²) in [5.74, 6) is -6.12. The number of amides is 2. The first-order chi connectivity index (χ1) is 32.8. The predicted molar refractivity (Wildman–Crippen MR) is 267 cm³/mol. The lowest BCUT2D eigenvalue weighted by Crippen LogP contribution is -2.50. The van der Waals surface area contributed by atoms with Gasteiger partial charge in [-0.05, 0) is 25.7 Å². The fraction of sp³-hybridized carbons (Fsp3) is 0.885. The summed E-state index contributed by atoms with van der Waals surface area (Å²) in [6.07, 6.45) is 31.1. The Hall–Kier alpha value is -3.27. The van der Waals surface area contributed by atoms with Crippen molar-refractivity contribution in [1.29, 1.82) is 0 Å². The minimum Gasteiger partial charge on any atom is -0.464 e. The van der Waals surface area contributed by atoms with Crippen LogP contribution in [0.1, 0.15) is 240 Å². The van der Waals surface area contributed by atoms with Crippen molar-refractivity contribution < 1.29 is 60.7 Å². The molecule has 0 radical (unpaired) electrons. The van der Waals surface area contributed by atoms with E-state index >= 15 is 0 Å². The Bertz CT molecular complexity index is 1360. The zero-order chi connectivity index (χ0) is 50.5. The number of hydrogen-bond acceptors (Lipinski definition) is 12. The zero-order valence-corrected chi connectivity index (χ0v) is 44.0. The van der Waals surface area contributed by atoms with Crippen LogP contribution in [0.25, 0.3) is 0 Å². The molecule has 2 amide bonds. The lowest BCUT2D eigenvalue weighted by Gasteiger charge is -2.26. The summed E-state index contributed by atoms with van der Waals surface area (Å²) in [5.41, 5.74) is 0. The Balaban J connectivity index is 5.95. The number of carbonyl (C=O) groups is 6. The summed E-state index contributed by atoms with van der Waals surface area (Å²) >= 11 is 0. The van der Waals surface area contributed by atoms with Crippen molar-refractivity contribution in [2.75, 3.05) is 52.6 Å². The van der Waals surface area contributed by atoms with Crippen LogP contribution in [-0.2, 0) is 57.8 Å². The summed E-state index contributed by atoms with van der Waals surface area (Å²) in [4.78, 5) is 81.4. The Morgan fingerprint density at radius 3 is 0.824 bits per heavy atom. The number of ether oxygens (including phenoxy) is 4. The highest BCUT2D eigenvalue weighted by atomic mass is 32.2. The number of rotatable bonds is 48. The Kier molecular flexibility index (Phi) is 42.7. The quantitative estimate of drug-likeness (QED) is 0.0261. The molecular weight excluding hydrogens is 893 g/mol. The van der Waals surface area contributed by atoms with Crippen LogP contribution in [0, 0.1) is 0 Å². The summed E-state index contributed by atoms with van der Waals surface area (Å²) in [6.45, 7) is 5.62. The number of hydrogen-bond donors (Lipinski definition) is 1. The minimum atomic E-state index is -5.37. The van der Waals surface area contributed by atoms with Crippen molar-refractivity contribution >= 4 is 45.8 Å². The van der Waals surface area contributed by atoms with Crippen molar-refractivity contribution in [2.24, 2.45) is 0 Å². The maximum absolute atomic E-state index is 14.0. The van der Waals surface area contributed by atoms with Gasteiger partial charge in [0.05, 0.1) is 32.8 Å². The van der Waals surface area contributed by atoms with Gasteiger partial charge in [-0.15, -0.1) is 0 Å². The molecule has 16 heteroatoms. The Morgan fingerprint density at radius 1 is 0.368 bits per heavy atom. The molecule has 1 unspecified atom stereocenters. The van der Waals surface area contributed by atoms with Gasteiger partial charge < -0.3 is 28.7 Å². The Morgan fingerprint density at radius 2 is 0.588 bits per heavy atom. The van der Waals surface area contributed by atoms with Crippen LogP contribution in [-0.4, -0.2) is 116 Å². The topological polar surface area (TPSA) is 200 Å². The van der Waals surface area contributed by atoms with Gasteiger partial charge in [0.2, 0.25) is 11.8 Å². The molecule has 0 aliphatic carbocycles. The molecule has 0 bridgehead atoms. The second kappa shape index (κ2) is 44.9. The second-order valence-corrected chi connectivity index (χ2v) is 20.0. The standard InChI is InChI=1S/C52H96N2O13S/c1-5-9-13-17-21-25-29-33-37-64-48(56)42-53(43-49(57)65-38-34-30-26-22-18-14-10-6-2)47(55)41-46(68(61,62)63)52(60)54(44-50(58)66-39-35-31-27-23-19-15-11-7-3)45-51(59)67-40-36-32-28-24-20-16-12-8-4/h46H,5-45H2,1-4H3,(H,61,62,63). The molecule has 0 saturated heterocycles. The molecule has 0 rings (SSSR count). The van der Waals surface area contributed by atoms with E-state index in [9.17, 15) is 41.7 Å². The van der Waals surface area contributed by atoms with Crippen LogP contribution in [0.3, 0.4) is 0 Å². The molecular formula is C52H96N2O13S. The van der Waals surface area contributed by atoms with Crippen LogP contribution in [0.15, 0.2) is 0 Å². The van der Waals surface area contributed by atoms with Gasteiger partial charge in [-0.1, -0.05) is 207 Å². The van der Waals surface area contributed by atoms with E-state index in [0.29, 0.717) is 30.6 Å². The number of unbranched alkanes of at least 4 members (excludes halogenated alkanes) is 28. The van der Waals surface area contributed by atoms with E-state index in [1.165, 1.54) is 51.4 Å². The van der Waals surface area contributed by atoms with Gasteiger partial charge >= 0.3 is 23.9 Å². The molecule has 0 saturated carbocycles. The smallest absolute Gasteiger partial charge is 0.325 e. The van der Waals surface area contributed by atoms with Gasteiger partial charge in [0.15, 0.2) is 5.25 Å². The molecule has 15 nitrogen and oxygen atoms in total. The van der Waals surface area contributed by atoms with Crippen molar-refractivity contribution in [3.8, 4) is 0 Å². The van der Waals surface area contributed by atoms with Gasteiger partial charge in [0, 0.05) is 0 Å². The molecule has 1 atom stereocenters. The number of nitrogens with zero attached hydrogens (tertiary/aromatic N) is 2. The molecule has 0 spiro atoms. The van der Waals surface area contributed by atoms with Gasteiger partial charge in [-0.25, -0.2) is 0 Å². The normalized spacial score (nSPS) is 11.8. The van der Waals surface area contributed by atoms with Crippen molar-refractivity contribution in [3.63, 3.8) is 0 Å². The Labute approximate surface area is 412 Å². The monoisotopic (exact) mass is 989 g/mol. The zero-order valence-electron chi connectivity index (χ0n) is 43.2. The highest BCUT2D eigenvalue weighted by molar-refractivity contribution is 7.87. The average Bonchev–Trinajstić information content (AvgIpc) is 3.30. The molecule has 1 N–H and O–H groups in total. The average molecular weight is 989 g/mol. The second-order valence-electron chi connectivity index (χ2n) is 18.4. The van der Waals surface area contributed by atoms with Crippen LogP contribution in [0.2, 0.25) is 0 Å². The van der Waals surface area contributed by atoms with Crippen LogP contribution >= 0.6 is 0 Å². The molecule has 0 heterocycles. The first-order valence-electron chi connectivity index (χ1n) is 27.0. The van der Waals surface area contributed by atoms with Crippen molar-refractivity contribution in [1.82, 2.24) is 9.80 Å². The third-order valence-electron chi connectivity index (χ3n) is 12.0. The highest BCUT2D eigenvalue weighted by Crippen LogP contribution is 2.16. The van der Waals surface area contributed by atoms with E-state index < -0.39 is 83.7 Å². The van der Waals surface area contributed by atoms with E-state index in [1.54, 1.807) is 0 Å². The lowest BCUT2D eigenvalue weighted by molar-refractivity contribution is -0.156. The van der Waals surface area contributed by atoms with E-state index in [0.717, 1.165) is 133 Å². The molecule has 0 aromatic rings. The van der Waals surface area contributed by atoms with E-state index in [2.05, 4.69) is 27.7 Å². The van der Waals surface area contributed by atoms with Crippen LogP contribution in [0.4, 0.5) is 0 Å². The molecule has 0 aromatic carbocycles. The molecule has 0 aromatic heterocycles. The van der Waals surface area contributed by atoms with Gasteiger partial charge in [0.1, 0.15) is 26.2 Å². The predicted octanol–water partition coefficient (Wildman–Crippen LogP) is 11.0. The highest BCUT2D eigenvalue weighted by Gasteiger charge is 2.40. The summed E-state index contributed by atoms with van der Waals surface area (Å²) in [5, 5.41) is -2.50. The van der Waals surface area contributed by atoms with Crippen molar-refractivity contribution in [2.45, 2.75) is 245 Å². The number of carbonyl (C=O) groups excluding carboxylic acids is 6. The molecule has 0 aliphatic rings. The number of esters is 4. The SMILES string of the molecule is CCCCCCCCCCOC(=O)CN(CC(=O)OCCCCCCCCCC)C(=O)CC(C(=O)N(CC(=O)OCCCCCCCCCC)CC(=O)OCCCCCCCCCC)S(=O)(=O)O. The largest absolute Gasteiger partial charge is 0.464 e. The third-order valence-corrected chi connectivity index (χ3v) is 13.1. The molecule has 0 fully saturated rings. The first-order valence-corrected chi connectivity index (χ1v) is 28.5. The fourth-order valence-electron chi connectivity index (χ4n) is 7.75.